The third-order valence-corrected chi connectivity index (χ3v) is 4.08. The Labute approximate surface area is 110 Å². The molecule has 0 aromatic heterocycles. The number of hydrogen-bond acceptors (Lipinski definition) is 3. The Morgan fingerprint density at radius 3 is 2.50 bits per heavy atom. The number of carbonyl (C=O) groups excluding carboxylic acids is 1. The zero-order valence-corrected chi connectivity index (χ0v) is 11.2. The first-order valence-electron chi connectivity index (χ1n) is 7.42. The highest BCUT2D eigenvalue weighted by molar-refractivity contribution is 5.78. The minimum Gasteiger partial charge on any atom is -0.395 e. The lowest BCUT2D eigenvalue weighted by Gasteiger charge is -2.34. The van der Waals surface area contributed by atoms with Gasteiger partial charge in [0.15, 0.2) is 0 Å². The smallest absolute Gasteiger partial charge is 0.236 e. The van der Waals surface area contributed by atoms with Crippen LogP contribution in [0.2, 0.25) is 0 Å². The van der Waals surface area contributed by atoms with Crippen LogP contribution in [0, 0.1) is 5.92 Å². The molecular weight excluding hydrogens is 228 g/mol. The van der Waals surface area contributed by atoms with Crippen molar-refractivity contribution in [3.8, 4) is 0 Å². The van der Waals surface area contributed by atoms with E-state index in [0.29, 0.717) is 19.1 Å². The van der Waals surface area contributed by atoms with E-state index in [4.69, 9.17) is 5.11 Å². The number of carbonyl (C=O) groups is 1. The minimum atomic E-state index is 0.0743. The average Bonchev–Trinajstić information content (AvgIpc) is 3.21. The van der Waals surface area contributed by atoms with Gasteiger partial charge in [-0.15, -0.1) is 0 Å². The molecule has 104 valence electrons. The fourth-order valence-electron chi connectivity index (χ4n) is 2.82. The number of rotatable bonds is 7. The van der Waals surface area contributed by atoms with Gasteiger partial charge < -0.3 is 15.3 Å². The Morgan fingerprint density at radius 1 is 1.17 bits per heavy atom. The Balaban J connectivity index is 1.76. The molecule has 4 heteroatoms. The van der Waals surface area contributed by atoms with Crippen molar-refractivity contribution in [2.24, 2.45) is 5.92 Å². The van der Waals surface area contributed by atoms with Crippen LogP contribution in [0.3, 0.4) is 0 Å². The number of aliphatic hydroxyl groups excluding tert-OH is 1. The molecular formula is C14H26N2O2. The van der Waals surface area contributed by atoms with Gasteiger partial charge in [0.05, 0.1) is 13.2 Å². The number of amides is 1. The van der Waals surface area contributed by atoms with Gasteiger partial charge >= 0.3 is 0 Å². The van der Waals surface area contributed by atoms with Crippen LogP contribution in [0.25, 0.3) is 0 Å². The van der Waals surface area contributed by atoms with Gasteiger partial charge in [0, 0.05) is 12.6 Å². The average molecular weight is 254 g/mol. The van der Waals surface area contributed by atoms with Crippen molar-refractivity contribution in [2.75, 3.05) is 26.2 Å². The highest BCUT2D eigenvalue weighted by atomic mass is 16.3. The van der Waals surface area contributed by atoms with E-state index in [9.17, 15) is 4.79 Å². The van der Waals surface area contributed by atoms with Crippen molar-refractivity contribution in [1.82, 2.24) is 10.2 Å². The van der Waals surface area contributed by atoms with E-state index < -0.39 is 0 Å². The van der Waals surface area contributed by atoms with Gasteiger partial charge in [-0.3, -0.25) is 4.79 Å². The fraction of sp³-hybridized carbons (Fsp3) is 0.929. The molecule has 0 radical (unpaired) electrons. The summed E-state index contributed by atoms with van der Waals surface area (Å²) in [5.41, 5.74) is 0. The summed E-state index contributed by atoms with van der Waals surface area (Å²) in [5, 5.41) is 12.4. The lowest BCUT2D eigenvalue weighted by atomic mass is 9.94. The summed E-state index contributed by atoms with van der Waals surface area (Å²) in [6, 6.07) is 0.362. The second-order valence-corrected chi connectivity index (χ2v) is 5.68. The molecule has 2 aliphatic carbocycles. The van der Waals surface area contributed by atoms with Crippen LogP contribution in [0.15, 0.2) is 0 Å². The number of aliphatic hydroxyl groups is 1. The molecule has 2 aliphatic rings. The minimum absolute atomic E-state index is 0.0743. The van der Waals surface area contributed by atoms with E-state index in [1.807, 2.05) is 4.90 Å². The van der Waals surface area contributed by atoms with Crippen molar-refractivity contribution in [2.45, 2.75) is 51.0 Å². The molecule has 0 saturated heterocycles. The maximum atomic E-state index is 12.2. The summed E-state index contributed by atoms with van der Waals surface area (Å²) in [6.07, 6.45) is 8.55. The number of hydrogen-bond donors (Lipinski definition) is 2. The van der Waals surface area contributed by atoms with Gasteiger partial charge in [0.1, 0.15) is 0 Å². The summed E-state index contributed by atoms with van der Waals surface area (Å²) in [7, 11) is 0. The molecule has 0 spiro atoms. The van der Waals surface area contributed by atoms with Crippen LogP contribution in [0.1, 0.15) is 44.9 Å². The Morgan fingerprint density at radius 2 is 1.89 bits per heavy atom. The van der Waals surface area contributed by atoms with E-state index >= 15 is 0 Å². The van der Waals surface area contributed by atoms with E-state index in [0.717, 1.165) is 25.3 Å². The predicted octanol–water partition coefficient (Wildman–Crippen LogP) is 1.14. The van der Waals surface area contributed by atoms with E-state index in [2.05, 4.69) is 5.32 Å². The van der Waals surface area contributed by atoms with Crippen molar-refractivity contribution in [1.29, 1.82) is 0 Å². The van der Waals surface area contributed by atoms with E-state index in [-0.39, 0.29) is 12.5 Å². The maximum absolute atomic E-state index is 12.2. The summed E-state index contributed by atoms with van der Waals surface area (Å²) in [6.45, 7) is 1.98. The molecule has 0 aromatic carbocycles. The van der Waals surface area contributed by atoms with Crippen LogP contribution in [0.4, 0.5) is 0 Å². The van der Waals surface area contributed by atoms with E-state index in [1.165, 1.54) is 32.1 Å². The Bertz CT molecular complexity index is 261. The lowest BCUT2D eigenvalue weighted by molar-refractivity contribution is -0.133. The van der Waals surface area contributed by atoms with Gasteiger partial charge in [-0.2, -0.15) is 0 Å². The van der Waals surface area contributed by atoms with Gasteiger partial charge in [-0.05, 0) is 38.1 Å². The maximum Gasteiger partial charge on any atom is 0.236 e. The van der Waals surface area contributed by atoms with Crippen molar-refractivity contribution in [3.05, 3.63) is 0 Å². The first-order chi connectivity index (χ1) is 8.81. The Kier molecular flexibility index (Phi) is 5.45. The second kappa shape index (κ2) is 7.10. The van der Waals surface area contributed by atoms with Gasteiger partial charge in [0.2, 0.25) is 5.91 Å². The molecule has 18 heavy (non-hydrogen) atoms. The van der Waals surface area contributed by atoms with Gasteiger partial charge in [0.25, 0.3) is 0 Å². The summed E-state index contributed by atoms with van der Waals surface area (Å²) >= 11 is 0. The molecule has 0 atom stereocenters. The summed E-state index contributed by atoms with van der Waals surface area (Å²) < 4.78 is 0. The summed E-state index contributed by atoms with van der Waals surface area (Å²) in [5.74, 6) is 0.968. The van der Waals surface area contributed by atoms with Crippen LogP contribution in [-0.4, -0.2) is 48.2 Å². The number of nitrogens with one attached hydrogen (secondary N) is 1. The molecule has 0 unspecified atom stereocenters. The molecule has 1 amide bonds. The molecule has 0 aromatic rings. The normalized spacial score (nSPS) is 20.9. The third-order valence-electron chi connectivity index (χ3n) is 4.08. The Hall–Kier alpha value is -0.610. The summed E-state index contributed by atoms with van der Waals surface area (Å²) in [4.78, 5) is 14.1. The van der Waals surface area contributed by atoms with Crippen molar-refractivity contribution in [3.63, 3.8) is 0 Å². The SMILES string of the molecule is O=C(CNCC1CC1)N(CCO)C1CCCCC1. The second-order valence-electron chi connectivity index (χ2n) is 5.68. The largest absolute Gasteiger partial charge is 0.395 e. The molecule has 0 heterocycles. The monoisotopic (exact) mass is 254 g/mol. The molecule has 0 bridgehead atoms. The van der Waals surface area contributed by atoms with Gasteiger partial charge in [-0.25, -0.2) is 0 Å². The zero-order valence-electron chi connectivity index (χ0n) is 11.2. The lowest BCUT2D eigenvalue weighted by Crippen LogP contribution is -2.47. The third kappa shape index (κ3) is 4.25. The van der Waals surface area contributed by atoms with Crippen LogP contribution < -0.4 is 5.32 Å². The quantitative estimate of drug-likeness (QED) is 0.716. The topological polar surface area (TPSA) is 52.6 Å². The van der Waals surface area contributed by atoms with Crippen molar-refractivity contribution < 1.29 is 9.90 Å². The standard InChI is InChI=1S/C14H26N2O2/c17-9-8-16(13-4-2-1-3-5-13)14(18)11-15-10-12-6-7-12/h12-13,15,17H,1-11H2. The van der Waals surface area contributed by atoms with Crippen LogP contribution >= 0.6 is 0 Å². The highest BCUT2D eigenvalue weighted by Gasteiger charge is 2.25. The molecule has 2 rings (SSSR count). The fourth-order valence-corrected chi connectivity index (χ4v) is 2.82. The molecule has 2 saturated carbocycles. The van der Waals surface area contributed by atoms with Crippen LogP contribution in [0.5, 0.6) is 0 Å². The van der Waals surface area contributed by atoms with E-state index in [1.54, 1.807) is 0 Å². The first kappa shape index (κ1) is 13.8. The van der Waals surface area contributed by atoms with Crippen molar-refractivity contribution >= 4 is 5.91 Å². The highest BCUT2D eigenvalue weighted by Crippen LogP contribution is 2.27. The molecule has 4 nitrogen and oxygen atoms in total. The van der Waals surface area contributed by atoms with Crippen LogP contribution in [-0.2, 0) is 4.79 Å². The number of nitrogens with zero attached hydrogens (tertiary/aromatic N) is 1. The first-order valence-corrected chi connectivity index (χ1v) is 7.42. The predicted molar refractivity (Wildman–Crippen MR) is 71.3 cm³/mol. The van der Waals surface area contributed by atoms with Gasteiger partial charge in [-0.1, -0.05) is 19.3 Å². The molecule has 2 fully saturated rings. The zero-order chi connectivity index (χ0) is 12.8. The molecule has 0 aliphatic heterocycles. The molecule has 2 N–H and O–H groups in total.